The molecule has 3 aliphatic rings. The van der Waals surface area contributed by atoms with E-state index in [4.69, 9.17) is 9.97 Å². The van der Waals surface area contributed by atoms with Gasteiger partial charge in [-0.25, -0.2) is 9.97 Å². The zero-order valence-corrected chi connectivity index (χ0v) is 20.4. The largest absolute Gasteiger partial charge is 0.348 e. The van der Waals surface area contributed by atoms with Gasteiger partial charge in [0.15, 0.2) is 0 Å². The van der Waals surface area contributed by atoms with Gasteiger partial charge in [0.1, 0.15) is 17.3 Å². The molecule has 2 N–H and O–H groups in total. The molecule has 4 aromatic heterocycles. The molecular weight excluding hydrogens is 468 g/mol. The number of nitrogens with zero attached hydrogens (tertiary/aromatic N) is 6. The van der Waals surface area contributed by atoms with Crippen LogP contribution >= 0.6 is 0 Å². The first kappa shape index (κ1) is 21.9. The number of amides is 2. The van der Waals surface area contributed by atoms with Crippen LogP contribution in [-0.2, 0) is 18.4 Å². The highest BCUT2D eigenvalue weighted by Crippen LogP contribution is 2.36. The summed E-state index contributed by atoms with van der Waals surface area (Å²) in [5.41, 5.74) is 4.56. The SMILES string of the molecule is Cn1ccc2c(-c3ncc(Nc4cccc(N5C[C@H](N6CCC6)CC5=O)n4)c4c3CNC4=O)ccnc21. The summed E-state index contributed by atoms with van der Waals surface area (Å²) >= 11 is 0. The summed E-state index contributed by atoms with van der Waals surface area (Å²) < 4.78 is 1.97. The first-order chi connectivity index (χ1) is 18.1. The molecule has 37 heavy (non-hydrogen) atoms. The third kappa shape index (κ3) is 3.55. The van der Waals surface area contributed by atoms with E-state index in [0.29, 0.717) is 42.4 Å². The van der Waals surface area contributed by atoms with Gasteiger partial charge in [-0.2, -0.15) is 0 Å². The molecule has 0 saturated carbocycles. The monoisotopic (exact) mass is 494 g/mol. The molecule has 4 aromatic rings. The van der Waals surface area contributed by atoms with Gasteiger partial charge in [0, 0.05) is 61.5 Å². The first-order valence-electron chi connectivity index (χ1n) is 12.6. The maximum absolute atomic E-state index is 12.9. The third-order valence-electron chi connectivity index (χ3n) is 7.64. The average Bonchev–Trinajstić information content (AvgIpc) is 3.56. The predicted molar refractivity (Wildman–Crippen MR) is 140 cm³/mol. The maximum atomic E-state index is 12.9. The minimum atomic E-state index is -0.150. The molecule has 10 nitrogen and oxygen atoms in total. The molecule has 0 spiro atoms. The van der Waals surface area contributed by atoms with Crippen molar-refractivity contribution in [2.45, 2.75) is 25.4 Å². The highest BCUT2D eigenvalue weighted by atomic mass is 16.2. The standard InChI is InChI=1S/C27H26N8O2/c1-33-11-7-18-17(6-8-28-26(18)33)25-19-13-30-27(37)24(19)20(14-29-25)31-21-4-2-5-22(32-21)35-15-16(12-23(35)36)34-9-3-10-34/h2,4-8,11,14,16H,3,9-10,12-13,15H2,1H3,(H,30,37)(H,31,32)/t16-/m1/s1. The van der Waals surface area contributed by atoms with Crippen LogP contribution < -0.4 is 15.5 Å². The molecule has 2 amide bonds. The molecule has 10 heteroatoms. The van der Waals surface area contributed by atoms with Crippen LogP contribution in [0.25, 0.3) is 22.3 Å². The number of hydrogen-bond donors (Lipinski definition) is 2. The second-order valence-corrected chi connectivity index (χ2v) is 9.84. The normalized spacial score (nSPS) is 19.3. The molecule has 3 aliphatic heterocycles. The average molecular weight is 495 g/mol. The van der Waals surface area contributed by atoms with Gasteiger partial charge in [-0.3, -0.25) is 24.4 Å². The summed E-state index contributed by atoms with van der Waals surface area (Å²) in [6.45, 7) is 3.18. The van der Waals surface area contributed by atoms with Crippen molar-refractivity contribution in [1.82, 2.24) is 29.7 Å². The van der Waals surface area contributed by atoms with Crippen LogP contribution in [0.3, 0.4) is 0 Å². The summed E-state index contributed by atoms with van der Waals surface area (Å²) in [7, 11) is 1.96. The molecule has 0 radical (unpaired) electrons. The van der Waals surface area contributed by atoms with Crippen LogP contribution in [0, 0.1) is 0 Å². The minimum Gasteiger partial charge on any atom is -0.348 e. The van der Waals surface area contributed by atoms with E-state index >= 15 is 0 Å². The van der Waals surface area contributed by atoms with E-state index in [1.807, 2.05) is 48.1 Å². The number of pyridine rings is 3. The Labute approximate surface area is 213 Å². The lowest BCUT2D eigenvalue weighted by atomic mass is 10.0. The van der Waals surface area contributed by atoms with E-state index in [9.17, 15) is 9.59 Å². The number of nitrogens with one attached hydrogen (secondary N) is 2. The quantitative estimate of drug-likeness (QED) is 0.439. The number of aromatic nitrogens is 4. The lowest BCUT2D eigenvalue weighted by molar-refractivity contribution is -0.117. The molecule has 7 rings (SSSR count). The number of fused-ring (bicyclic) bond motifs is 2. The Morgan fingerprint density at radius 1 is 1.11 bits per heavy atom. The Morgan fingerprint density at radius 2 is 2.00 bits per heavy atom. The minimum absolute atomic E-state index is 0.0948. The van der Waals surface area contributed by atoms with Crippen molar-refractivity contribution < 1.29 is 9.59 Å². The van der Waals surface area contributed by atoms with Crippen molar-refractivity contribution in [1.29, 1.82) is 0 Å². The number of likely N-dealkylation sites (tertiary alicyclic amines) is 1. The summed E-state index contributed by atoms with van der Waals surface area (Å²) in [5.74, 6) is 1.12. The molecule has 186 valence electrons. The molecular formula is C27H26N8O2. The summed E-state index contributed by atoms with van der Waals surface area (Å²) in [6.07, 6.45) is 7.15. The van der Waals surface area contributed by atoms with Crippen LogP contribution in [0.2, 0.25) is 0 Å². The fourth-order valence-corrected chi connectivity index (χ4v) is 5.58. The highest BCUT2D eigenvalue weighted by Gasteiger charge is 2.37. The number of anilines is 3. The molecule has 1 atom stereocenters. The van der Waals surface area contributed by atoms with Crippen molar-refractivity contribution in [3.8, 4) is 11.3 Å². The van der Waals surface area contributed by atoms with Crippen molar-refractivity contribution in [2.75, 3.05) is 29.9 Å². The molecule has 0 unspecified atom stereocenters. The van der Waals surface area contributed by atoms with Crippen LogP contribution in [0.1, 0.15) is 28.8 Å². The Morgan fingerprint density at radius 3 is 2.84 bits per heavy atom. The third-order valence-corrected chi connectivity index (χ3v) is 7.64. The van der Waals surface area contributed by atoms with Gasteiger partial charge in [-0.15, -0.1) is 0 Å². The van der Waals surface area contributed by atoms with E-state index in [-0.39, 0.29) is 17.9 Å². The zero-order valence-electron chi connectivity index (χ0n) is 20.4. The van der Waals surface area contributed by atoms with E-state index in [1.54, 1.807) is 17.3 Å². The van der Waals surface area contributed by atoms with Gasteiger partial charge in [0.25, 0.3) is 5.91 Å². The van der Waals surface area contributed by atoms with Gasteiger partial charge in [0.2, 0.25) is 5.91 Å². The van der Waals surface area contributed by atoms with Crippen LogP contribution in [-0.4, -0.2) is 61.9 Å². The predicted octanol–water partition coefficient (Wildman–Crippen LogP) is 2.83. The van der Waals surface area contributed by atoms with Crippen LogP contribution in [0.4, 0.5) is 17.3 Å². The van der Waals surface area contributed by atoms with Gasteiger partial charge in [-0.05, 0) is 43.8 Å². The molecule has 2 fully saturated rings. The van der Waals surface area contributed by atoms with Crippen LogP contribution in [0.5, 0.6) is 0 Å². The smallest absolute Gasteiger partial charge is 0.254 e. The van der Waals surface area contributed by atoms with E-state index < -0.39 is 0 Å². The fourth-order valence-electron chi connectivity index (χ4n) is 5.58. The second-order valence-electron chi connectivity index (χ2n) is 9.84. The van der Waals surface area contributed by atoms with Crippen molar-refractivity contribution in [3.63, 3.8) is 0 Å². The first-order valence-corrected chi connectivity index (χ1v) is 12.6. The topological polar surface area (TPSA) is 108 Å². The molecule has 0 bridgehead atoms. The van der Waals surface area contributed by atoms with Crippen molar-refractivity contribution >= 4 is 40.2 Å². The lowest BCUT2D eigenvalue weighted by Gasteiger charge is -2.35. The summed E-state index contributed by atoms with van der Waals surface area (Å²) in [6, 6.07) is 9.78. The molecule has 0 aliphatic carbocycles. The van der Waals surface area contributed by atoms with E-state index in [2.05, 4.69) is 20.5 Å². The lowest BCUT2D eigenvalue weighted by Crippen LogP contribution is -2.46. The molecule has 0 aromatic carbocycles. The van der Waals surface area contributed by atoms with Gasteiger partial charge in [-0.1, -0.05) is 6.07 Å². The Hall–Kier alpha value is -4.31. The van der Waals surface area contributed by atoms with E-state index in [1.165, 1.54) is 6.42 Å². The highest BCUT2D eigenvalue weighted by molar-refractivity contribution is 6.06. The Bertz CT molecular complexity index is 1570. The van der Waals surface area contributed by atoms with Crippen molar-refractivity contribution in [2.24, 2.45) is 7.05 Å². The van der Waals surface area contributed by atoms with E-state index in [0.717, 1.165) is 40.9 Å². The second kappa shape index (κ2) is 8.38. The number of hydrogen-bond acceptors (Lipinski definition) is 7. The van der Waals surface area contributed by atoms with Gasteiger partial charge in [0.05, 0.1) is 23.1 Å². The number of aryl methyl sites for hydroxylation is 1. The van der Waals surface area contributed by atoms with Gasteiger partial charge >= 0.3 is 0 Å². The summed E-state index contributed by atoms with van der Waals surface area (Å²) in [4.78, 5) is 43.7. The number of carbonyl (C=O) groups is 2. The number of carbonyl (C=O) groups excluding carboxylic acids is 2. The van der Waals surface area contributed by atoms with Crippen LogP contribution in [0.15, 0.2) is 48.9 Å². The number of rotatable bonds is 5. The maximum Gasteiger partial charge on any atom is 0.254 e. The fraction of sp³-hybridized carbons (Fsp3) is 0.296. The summed E-state index contributed by atoms with van der Waals surface area (Å²) in [5, 5.41) is 7.22. The molecule has 2 saturated heterocycles. The zero-order chi connectivity index (χ0) is 25.1. The Kier molecular flexibility index (Phi) is 4.97. The molecule has 7 heterocycles. The van der Waals surface area contributed by atoms with Crippen molar-refractivity contribution in [3.05, 3.63) is 60.0 Å². The van der Waals surface area contributed by atoms with Gasteiger partial charge < -0.3 is 15.2 Å². The Balaban J connectivity index is 1.21.